The van der Waals surface area contributed by atoms with Crippen LogP contribution in [0.4, 0.5) is 11.4 Å². The average Bonchev–Trinajstić information content (AvgIpc) is 3.03. The Labute approximate surface area is 156 Å². The van der Waals surface area contributed by atoms with E-state index in [4.69, 9.17) is 11.6 Å². The third-order valence-electron chi connectivity index (χ3n) is 3.93. The zero-order valence-electron chi connectivity index (χ0n) is 13.7. The van der Waals surface area contributed by atoms with Crippen LogP contribution in [0.1, 0.15) is 18.4 Å². The van der Waals surface area contributed by atoms with Crippen molar-refractivity contribution < 1.29 is 9.59 Å². The highest BCUT2D eigenvalue weighted by molar-refractivity contribution is 7.99. The van der Waals surface area contributed by atoms with Gasteiger partial charge in [0.1, 0.15) is 0 Å². The van der Waals surface area contributed by atoms with Gasteiger partial charge in [0.05, 0.1) is 5.75 Å². The second-order valence-electron chi connectivity index (χ2n) is 5.87. The van der Waals surface area contributed by atoms with Crippen molar-refractivity contribution >= 4 is 46.6 Å². The number of hydrogen-bond acceptors (Lipinski definition) is 3. The van der Waals surface area contributed by atoms with E-state index in [2.05, 4.69) is 5.32 Å². The van der Waals surface area contributed by atoms with E-state index in [0.29, 0.717) is 22.9 Å². The van der Waals surface area contributed by atoms with E-state index < -0.39 is 0 Å². The van der Waals surface area contributed by atoms with Crippen molar-refractivity contribution in [2.45, 2.75) is 18.6 Å². The maximum atomic E-state index is 12.1. The van der Waals surface area contributed by atoms with E-state index in [1.54, 1.807) is 16.7 Å². The SMILES string of the molecule is O=C(CSCc1ccc(Cl)cc1)Nc1cccc(N2CCCC2=O)c1. The van der Waals surface area contributed by atoms with E-state index in [1.165, 1.54) is 0 Å². The van der Waals surface area contributed by atoms with E-state index in [-0.39, 0.29) is 11.8 Å². The minimum atomic E-state index is -0.0520. The van der Waals surface area contributed by atoms with E-state index in [0.717, 1.165) is 30.0 Å². The van der Waals surface area contributed by atoms with Crippen LogP contribution in [0.25, 0.3) is 0 Å². The van der Waals surface area contributed by atoms with Crippen molar-refractivity contribution in [3.8, 4) is 0 Å². The highest BCUT2D eigenvalue weighted by Crippen LogP contribution is 2.24. The lowest BCUT2D eigenvalue weighted by Crippen LogP contribution is -2.23. The Hall–Kier alpha value is -1.98. The summed E-state index contributed by atoms with van der Waals surface area (Å²) >= 11 is 7.41. The van der Waals surface area contributed by atoms with E-state index >= 15 is 0 Å². The summed E-state index contributed by atoms with van der Waals surface area (Å²) in [7, 11) is 0. The van der Waals surface area contributed by atoms with Gasteiger partial charge in [-0.05, 0) is 42.3 Å². The van der Waals surface area contributed by atoms with Crippen molar-refractivity contribution in [3.05, 3.63) is 59.1 Å². The zero-order chi connectivity index (χ0) is 17.6. The Morgan fingerprint density at radius 3 is 2.72 bits per heavy atom. The predicted molar refractivity (Wildman–Crippen MR) is 104 cm³/mol. The first kappa shape index (κ1) is 17.8. The molecule has 6 heteroatoms. The number of halogens is 1. The molecule has 2 aromatic carbocycles. The molecule has 1 fully saturated rings. The Bertz CT molecular complexity index is 764. The number of nitrogens with zero attached hydrogens (tertiary/aromatic N) is 1. The monoisotopic (exact) mass is 374 g/mol. The standard InChI is InChI=1S/C19H19ClN2O2S/c20-15-8-6-14(7-9-15)12-25-13-18(23)21-16-3-1-4-17(11-16)22-10-2-5-19(22)24/h1,3-4,6-9,11H,2,5,10,12-13H2,(H,21,23). The molecular formula is C19H19ClN2O2S. The second-order valence-corrected chi connectivity index (χ2v) is 7.29. The Morgan fingerprint density at radius 1 is 1.20 bits per heavy atom. The smallest absolute Gasteiger partial charge is 0.234 e. The summed E-state index contributed by atoms with van der Waals surface area (Å²) < 4.78 is 0. The molecule has 2 amide bonds. The molecular weight excluding hydrogens is 356 g/mol. The van der Waals surface area contributed by atoms with Gasteiger partial charge in [0.25, 0.3) is 0 Å². The van der Waals surface area contributed by atoms with Crippen LogP contribution >= 0.6 is 23.4 Å². The lowest BCUT2D eigenvalue weighted by molar-refractivity contribution is -0.117. The van der Waals surface area contributed by atoms with Crippen LogP contribution in [-0.4, -0.2) is 24.1 Å². The van der Waals surface area contributed by atoms with Crippen molar-refractivity contribution in [3.63, 3.8) is 0 Å². The fourth-order valence-electron chi connectivity index (χ4n) is 2.71. The Balaban J connectivity index is 1.50. The van der Waals surface area contributed by atoms with Gasteiger partial charge in [0.2, 0.25) is 11.8 Å². The third-order valence-corrected chi connectivity index (χ3v) is 5.19. The van der Waals surface area contributed by atoms with Crippen molar-refractivity contribution in [1.82, 2.24) is 0 Å². The molecule has 1 aliphatic rings. The lowest BCUT2D eigenvalue weighted by atomic mass is 10.2. The summed E-state index contributed by atoms with van der Waals surface area (Å²) in [5.41, 5.74) is 2.69. The van der Waals surface area contributed by atoms with Crippen LogP contribution < -0.4 is 10.2 Å². The van der Waals surface area contributed by atoms with Gasteiger partial charge in [-0.2, -0.15) is 0 Å². The molecule has 0 saturated carbocycles. The van der Waals surface area contributed by atoms with E-state index in [1.807, 2.05) is 48.5 Å². The number of benzene rings is 2. The molecule has 0 unspecified atom stereocenters. The summed E-state index contributed by atoms with van der Waals surface area (Å²) in [4.78, 5) is 25.7. The van der Waals surface area contributed by atoms with Crippen molar-refractivity contribution in [2.24, 2.45) is 0 Å². The van der Waals surface area contributed by atoms with Crippen LogP contribution in [0.3, 0.4) is 0 Å². The van der Waals surface area contributed by atoms with Crippen LogP contribution in [0.15, 0.2) is 48.5 Å². The molecule has 0 aliphatic carbocycles. The zero-order valence-corrected chi connectivity index (χ0v) is 15.3. The summed E-state index contributed by atoms with van der Waals surface area (Å²) in [6.07, 6.45) is 1.48. The van der Waals surface area contributed by atoms with Crippen molar-refractivity contribution in [1.29, 1.82) is 0 Å². The minimum Gasteiger partial charge on any atom is -0.325 e. The van der Waals surface area contributed by atoms with Crippen LogP contribution in [0.5, 0.6) is 0 Å². The first-order valence-corrected chi connectivity index (χ1v) is 9.67. The van der Waals surface area contributed by atoms with Gasteiger partial charge < -0.3 is 10.2 Å². The topological polar surface area (TPSA) is 49.4 Å². The number of nitrogens with one attached hydrogen (secondary N) is 1. The molecule has 130 valence electrons. The summed E-state index contributed by atoms with van der Waals surface area (Å²) in [5, 5.41) is 3.61. The van der Waals surface area contributed by atoms with Gasteiger partial charge in [0, 0.05) is 35.1 Å². The molecule has 1 N–H and O–H groups in total. The molecule has 1 aliphatic heterocycles. The van der Waals surface area contributed by atoms with Crippen LogP contribution in [0, 0.1) is 0 Å². The highest BCUT2D eigenvalue weighted by atomic mass is 35.5. The maximum absolute atomic E-state index is 12.1. The molecule has 1 saturated heterocycles. The van der Waals surface area contributed by atoms with Gasteiger partial charge >= 0.3 is 0 Å². The fourth-order valence-corrected chi connectivity index (χ4v) is 3.63. The van der Waals surface area contributed by atoms with Crippen LogP contribution in [0.2, 0.25) is 5.02 Å². The minimum absolute atomic E-state index is 0.0520. The molecule has 4 nitrogen and oxygen atoms in total. The number of carbonyl (C=O) groups excluding carboxylic acids is 2. The molecule has 0 atom stereocenters. The average molecular weight is 375 g/mol. The van der Waals surface area contributed by atoms with Gasteiger partial charge in [-0.15, -0.1) is 11.8 Å². The molecule has 1 heterocycles. The third kappa shape index (κ3) is 5.00. The van der Waals surface area contributed by atoms with Gasteiger partial charge in [-0.25, -0.2) is 0 Å². The Kier molecular flexibility index (Phi) is 6.00. The second kappa shape index (κ2) is 8.41. The van der Waals surface area contributed by atoms with E-state index in [9.17, 15) is 9.59 Å². The number of anilines is 2. The largest absolute Gasteiger partial charge is 0.325 e. The number of rotatable bonds is 6. The first-order valence-electron chi connectivity index (χ1n) is 8.14. The molecule has 0 aromatic heterocycles. The highest BCUT2D eigenvalue weighted by Gasteiger charge is 2.21. The lowest BCUT2D eigenvalue weighted by Gasteiger charge is -2.16. The fraction of sp³-hybridized carbons (Fsp3) is 0.263. The van der Waals surface area contributed by atoms with Gasteiger partial charge in [0.15, 0.2) is 0 Å². The molecule has 2 aromatic rings. The van der Waals surface area contributed by atoms with Crippen molar-refractivity contribution in [2.75, 3.05) is 22.5 Å². The van der Waals surface area contributed by atoms with Crippen LogP contribution in [-0.2, 0) is 15.3 Å². The summed E-state index contributed by atoms with van der Waals surface area (Å²) in [6.45, 7) is 0.743. The maximum Gasteiger partial charge on any atom is 0.234 e. The first-order chi connectivity index (χ1) is 12.1. The molecule has 0 spiro atoms. The summed E-state index contributed by atoms with van der Waals surface area (Å²) in [6, 6.07) is 15.1. The normalized spacial score (nSPS) is 14.0. The molecule has 0 radical (unpaired) electrons. The Morgan fingerprint density at radius 2 is 2.00 bits per heavy atom. The quantitative estimate of drug-likeness (QED) is 0.818. The number of thioether (sulfide) groups is 1. The summed E-state index contributed by atoms with van der Waals surface area (Å²) in [5.74, 6) is 1.22. The number of amides is 2. The predicted octanol–water partition coefficient (Wildman–Crippen LogP) is 4.34. The molecule has 25 heavy (non-hydrogen) atoms. The van der Waals surface area contributed by atoms with Gasteiger partial charge in [-0.1, -0.05) is 29.8 Å². The van der Waals surface area contributed by atoms with Gasteiger partial charge in [-0.3, -0.25) is 9.59 Å². The molecule has 0 bridgehead atoms. The number of hydrogen-bond donors (Lipinski definition) is 1. The number of carbonyl (C=O) groups is 2. The molecule has 3 rings (SSSR count).